The van der Waals surface area contributed by atoms with Gasteiger partial charge in [0, 0.05) is 36.8 Å². The van der Waals surface area contributed by atoms with Gasteiger partial charge in [-0.25, -0.2) is 4.98 Å². The molecule has 25 heavy (non-hydrogen) atoms. The highest BCUT2D eigenvalue weighted by atomic mass is 16.2. The average molecular weight is 346 g/mol. The second kappa shape index (κ2) is 8.50. The molecule has 2 heterocycles. The number of piperidine rings is 1. The third-order valence-electron chi connectivity index (χ3n) is 5.41. The maximum atomic E-state index is 12.5. The van der Waals surface area contributed by atoms with Crippen LogP contribution in [0.1, 0.15) is 64.0 Å². The van der Waals surface area contributed by atoms with Crippen molar-refractivity contribution >= 4 is 11.9 Å². The fourth-order valence-electron chi connectivity index (χ4n) is 3.95. The van der Waals surface area contributed by atoms with Crippen LogP contribution < -0.4 is 15.8 Å². The van der Waals surface area contributed by atoms with Crippen LogP contribution in [-0.2, 0) is 11.2 Å². The van der Waals surface area contributed by atoms with E-state index in [1.54, 1.807) is 6.07 Å². The SMILES string of the molecule is CCCc1cc(=O)[nH]c(N2CCC(C(=O)NC3CCCCC3)CC2)n1. The molecule has 1 saturated heterocycles. The third-order valence-corrected chi connectivity index (χ3v) is 5.41. The highest BCUT2D eigenvalue weighted by Gasteiger charge is 2.27. The number of hydrogen-bond donors (Lipinski definition) is 2. The molecule has 2 N–H and O–H groups in total. The minimum atomic E-state index is -0.0920. The van der Waals surface area contributed by atoms with E-state index >= 15 is 0 Å². The van der Waals surface area contributed by atoms with Gasteiger partial charge in [-0.3, -0.25) is 14.6 Å². The number of rotatable bonds is 5. The maximum Gasteiger partial charge on any atom is 0.252 e. The number of aromatic amines is 1. The Balaban J connectivity index is 1.54. The first-order chi connectivity index (χ1) is 12.2. The molecular weight excluding hydrogens is 316 g/mol. The summed E-state index contributed by atoms with van der Waals surface area (Å²) in [6, 6.07) is 1.96. The molecule has 0 radical (unpaired) electrons. The number of H-pyrrole nitrogens is 1. The van der Waals surface area contributed by atoms with Gasteiger partial charge in [0.1, 0.15) is 0 Å². The van der Waals surface area contributed by atoms with Crippen molar-refractivity contribution in [2.75, 3.05) is 18.0 Å². The largest absolute Gasteiger partial charge is 0.353 e. The zero-order valence-electron chi connectivity index (χ0n) is 15.2. The summed E-state index contributed by atoms with van der Waals surface area (Å²) in [5.74, 6) is 0.957. The average Bonchev–Trinajstić information content (AvgIpc) is 2.62. The van der Waals surface area contributed by atoms with Crippen molar-refractivity contribution in [1.82, 2.24) is 15.3 Å². The summed E-state index contributed by atoms with van der Waals surface area (Å²) in [7, 11) is 0. The molecule has 1 aliphatic heterocycles. The summed E-state index contributed by atoms with van der Waals surface area (Å²) < 4.78 is 0. The lowest BCUT2D eigenvalue weighted by atomic mass is 9.92. The minimum absolute atomic E-state index is 0.0868. The predicted molar refractivity (Wildman–Crippen MR) is 98.8 cm³/mol. The molecule has 1 aromatic rings. The van der Waals surface area contributed by atoms with E-state index in [-0.39, 0.29) is 17.4 Å². The first kappa shape index (κ1) is 18.0. The van der Waals surface area contributed by atoms with Crippen LogP contribution in [0.15, 0.2) is 10.9 Å². The molecule has 3 rings (SSSR count). The van der Waals surface area contributed by atoms with Crippen molar-refractivity contribution in [2.45, 2.75) is 70.8 Å². The Bertz CT molecular complexity index is 629. The molecule has 1 saturated carbocycles. The van der Waals surface area contributed by atoms with E-state index in [4.69, 9.17) is 0 Å². The fraction of sp³-hybridized carbons (Fsp3) is 0.737. The normalized spacial score (nSPS) is 19.8. The molecule has 2 aliphatic rings. The molecule has 6 nitrogen and oxygen atoms in total. The van der Waals surface area contributed by atoms with Crippen molar-refractivity contribution in [1.29, 1.82) is 0 Å². The summed E-state index contributed by atoms with van der Waals surface area (Å²) in [5, 5.41) is 3.25. The van der Waals surface area contributed by atoms with Crippen molar-refractivity contribution in [3.05, 3.63) is 22.1 Å². The Morgan fingerprint density at radius 3 is 2.64 bits per heavy atom. The summed E-state index contributed by atoms with van der Waals surface area (Å²) >= 11 is 0. The van der Waals surface area contributed by atoms with Gasteiger partial charge in [0.05, 0.1) is 0 Å². The lowest BCUT2D eigenvalue weighted by Crippen LogP contribution is -2.45. The van der Waals surface area contributed by atoms with E-state index in [1.165, 1.54) is 19.3 Å². The number of anilines is 1. The minimum Gasteiger partial charge on any atom is -0.353 e. The highest BCUT2D eigenvalue weighted by molar-refractivity contribution is 5.79. The van der Waals surface area contributed by atoms with E-state index in [1.807, 2.05) is 0 Å². The van der Waals surface area contributed by atoms with Crippen molar-refractivity contribution in [3.63, 3.8) is 0 Å². The van der Waals surface area contributed by atoms with E-state index < -0.39 is 0 Å². The van der Waals surface area contributed by atoms with E-state index in [9.17, 15) is 9.59 Å². The Hall–Kier alpha value is -1.85. The maximum absolute atomic E-state index is 12.5. The molecule has 0 spiro atoms. The molecule has 0 atom stereocenters. The fourth-order valence-corrected chi connectivity index (χ4v) is 3.95. The number of nitrogens with one attached hydrogen (secondary N) is 2. The third kappa shape index (κ3) is 4.83. The molecule has 0 aromatic carbocycles. The number of aryl methyl sites for hydroxylation is 1. The summed E-state index contributed by atoms with van der Waals surface area (Å²) in [6.07, 6.45) is 9.44. The van der Waals surface area contributed by atoms with Crippen molar-refractivity contribution in [3.8, 4) is 0 Å². The lowest BCUT2D eigenvalue weighted by Gasteiger charge is -2.33. The zero-order valence-corrected chi connectivity index (χ0v) is 15.2. The Morgan fingerprint density at radius 2 is 1.96 bits per heavy atom. The van der Waals surface area contributed by atoms with Crippen LogP contribution in [0, 0.1) is 5.92 Å². The molecule has 1 aliphatic carbocycles. The van der Waals surface area contributed by atoms with Gasteiger partial charge in [-0.15, -0.1) is 0 Å². The number of hydrogen-bond acceptors (Lipinski definition) is 4. The van der Waals surface area contributed by atoms with Gasteiger partial charge in [-0.05, 0) is 32.1 Å². The number of amides is 1. The second-order valence-corrected chi connectivity index (χ2v) is 7.42. The zero-order chi connectivity index (χ0) is 17.6. The number of carbonyl (C=O) groups excluding carboxylic acids is 1. The molecule has 0 unspecified atom stereocenters. The van der Waals surface area contributed by atoms with Crippen LogP contribution in [-0.4, -0.2) is 35.0 Å². The van der Waals surface area contributed by atoms with Crippen molar-refractivity contribution in [2.24, 2.45) is 5.92 Å². The number of nitrogens with zero attached hydrogens (tertiary/aromatic N) is 2. The molecule has 138 valence electrons. The van der Waals surface area contributed by atoms with Gasteiger partial charge < -0.3 is 10.2 Å². The van der Waals surface area contributed by atoms with Crippen LogP contribution in [0.2, 0.25) is 0 Å². The van der Waals surface area contributed by atoms with Gasteiger partial charge in [0.15, 0.2) is 0 Å². The molecule has 0 bridgehead atoms. The smallest absolute Gasteiger partial charge is 0.252 e. The summed E-state index contributed by atoms with van der Waals surface area (Å²) in [5.41, 5.74) is 0.754. The lowest BCUT2D eigenvalue weighted by molar-refractivity contribution is -0.126. The van der Waals surface area contributed by atoms with E-state index in [2.05, 4.69) is 27.1 Å². The molecule has 6 heteroatoms. The van der Waals surface area contributed by atoms with Crippen LogP contribution >= 0.6 is 0 Å². The standard InChI is InChI=1S/C19H30N4O2/c1-2-6-16-13-17(24)22-19(21-16)23-11-9-14(10-12-23)18(25)20-15-7-4-3-5-8-15/h13-15H,2-12H2,1H3,(H,20,25)(H,21,22,24). The van der Waals surface area contributed by atoms with Crippen LogP contribution in [0.3, 0.4) is 0 Å². The number of aromatic nitrogens is 2. The van der Waals surface area contributed by atoms with Gasteiger partial charge in [-0.2, -0.15) is 0 Å². The Labute approximate surface area is 149 Å². The molecule has 1 amide bonds. The quantitative estimate of drug-likeness (QED) is 0.858. The highest BCUT2D eigenvalue weighted by Crippen LogP contribution is 2.22. The Morgan fingerprint density at radius 1 is 1.24 bits per heavy atom. The van der Waals surface area contributed by atoms with E-state index in [0.29, 0.717) is 12.0 Å². The Kier molecular flexibility index (Phi) is 6.10. The first-order valence-electron chi connectivity index (χ1n) is 9.81. The van der Waals surface area contributed by atoms with Gasteiger partial charge in [0.25, 0.3) is 5.56 Å². The molecule has 2 fully saturated rings. The van der Waals surface area contributed by atoms with E-state index in [0.717, 1.165) is 57.3 Å². The summed E-state index contributed by atoms with van der Waals surface area (Å²) in [6.45, 7) is 3.61. The molecule has 1 aromatic heterocycles. The monoisotopic (exact) mass is 346 g/mol. The first-order valence-corrected chi connectivity index (χ1v) is 9.81. The van der Waals surface area contributed by atoms with Crippen LogP contribution in [0.4, 0.5) is 5.95 Å². The van der Waals surface area contributed by atoms with Crippen molar-refractivity contribution < 1.29 is 4.79 Å². The van der Waals surface area contributed by atoms with Crippen LogP contribution in [0.5, 0.6) is 0 Å². The van der Waals surface area contributed by atoms with Crippen LogP contribution in [0.25, 0.3) is 0 Å². The second-order valence-electron chi connectivity index (χ2n) is 7.42. The predicted octanol–water partition coefficient (Wildman–Crippen LogP) is 2.39. The molecular formula is C19H30N4O2. The van der Waals surface area contributed by atoms with Gasteiger partial charge in [0.2, 0.25) is 11.9 Å². The summed E-state index contributed by atoms with van der Waals surface area (Å²) in [4.78, 5) is 33.9. The topological polar surface area (TPSA) is 78.1 Å². The number of carbonyl (C=O) groups is 1. The van der Waals surface area contributed by atoms with Gasteiger partial charge >= 0.3 is 0 Å². The van der Waals surface area contributed by atoms with Gasteiger partial charge in [-0.1, -0.05) is 32.6 Å².